The zero-order chi connectivity index (χ0) is 25.2. The van der Waals surface area contributed by atoms with E-state index in [1.54, 1.807) is 0 Å². The molecule has 2 aromatic carbocycles. The van der Waals surface area contributed by atoms with E-state index in [-0.39, 0.29) is 30.3 Å². The number of para-hydroxylation sites is 2. The van der Waals surface area contributed by atoms with Gasteiger partial charge in [0.2, 0.25) is 11.8 Å². The largest absolute Gasteiger partial charge is 0.339 e. The Kier molecular flexibility index (Phi) is 6.99. The molecule has 37 heavy (non-hydrogen) atoms. The Morgan fingerprint density at radius 1 is 0.892 bits per heavy atom. The Morgan fingerprint density at radius 3 is 2.38 bits per heavy atom. The van der Waals surface area contributed by atoms with Gasteiger partial charge >= 0.3 is 0 Å². The Balaban J connectivity index is 1.30. The van der Waals surface area contributed by atoms with Crippen molar-refractivity contribution in [2.45, 2.75) is 95.3 Å². The van der Waals surface area contributed by atoms with Gasteiger partial charge in [0.1, 0.15) is 12.4 Å². The molecule has 1 aromatic heterocycles. The second-order valence-corrected chi connectivity index (χ2v) is 11.2. The average Bonchev–Trinajstić information content (AvgIpc) is 3.68. The van der Waals surface area contributed by atoms with E-state index >= 15 is 0 Å². The molecule has 6 rings (SSSR count). The summed E-state index contributed by atoms with van der Waals surface area (Å²) in [5, 5.41) is 0. The van der Waals surface area contributed by atoms with Crippen LogP contribution in [0.5, 0.6) is 0 Å². The van der Waals surface area contributed by atoms with Crippen molar-refractivity contribution < 1.29 is 9.59 Å². The fraction of sp³-hybridized carbons (Fsp3) is 0.516. The van der Waals surface area contributed by atoms with E-state index in [0.29, 0.717) is 19.0 Å². The molecule has 2 amide bonds. The molecule has 0 radical (unpaired) electrons. The molecule has 0 spiro atoms. The molecule has 3 aliphatic rings. The van der Waals surface area contributed by atoms with Crippen molar-refractivity contribution in [3.05, 3.63) is 66.0 Å². The first-order chi connectivity index (χ1) is 18.2. The fourth-order valence-electron chi connectivity index (χ4n) is 6.87. The summed E-state index contributed by atoms with van der Waals surface area (Å²) in [5.41, 5.74) is 3.07. The van der Waals surface area contributed by atoms with Crippen LogP contribution in [0.25, 0.3) is 11.0 Å². The lowest BCUT2D eigenvalue weighted by molar-refractivity contribution is -0.135. The maximum atomic E-state index is 14.1. The van der Waals surface area contributed by atoms with Crippen LogP contribution in [0.2, 0.25) is 0 Å². The number of amides is 2. The Morgan fingerprint density at radius 2 is 1.59 bits per heavy atom. The zero-order valence-corrected chi connectivity index (χ0v) is 21.7. The Bertz CT molecular complexity index is 1240. The molecule has 0 N–H and O–H groups in total. The lowest BCUT2D eigenvalue weighted by atomic mass is 9.93. The summed E-state index contributed by atoms with van der Waals surface area (Å²) in [4.78, 5) is 36.3. The smallest absolute Gasteiger partial charge is 0.243 e. The maximum Gasteiger partial charge on any atom is 0.243 e. The van der Waals surface area contributed by atoms with Crippen LogP contribution in [0, 0.1) is 0 Å². The highest BCUT2D eigenvalue weighted by atomic mass is 16.2. The van der Waals surface area contributed by atoms with Crippen molar-refractivity contribution in [1.29, 1.82) is 0 Å². The Hall–Kier alpha value is -3.15. The molecule has 1 unspecified atom stereocenters. The number of fused-ring (bicyclic) bond motifs is 1. The average molecular weight is 499 g/mol. The van der Waals surface area contributed by atoms with Crippen LogP contribution in [0.15, 0.2) is 54.6 Å². The highest BCUT2D eigenvalue weighted by Crippen LogP contribution is 2.35. The van der Waals surface area contributed by atoms with Crippen LogP contribution in [0.1, 0.15) is 81.5 Å². The minimum absolute atomic E-state index is 0.0329. The van der Waals surface area contributed by atoms with Gasteiger partial charge in [-0.05, 0) is 43.4 Å². The van der Waals surface area contributed by atoms with Gasteiger partial charge in [-0.1, -0.05) is 74.6 Å². The molecular formula is C31H38N4O2. The summed E-state index contributed by atoms with van der Waals surface area (Å²) in [6.07, 6.45) is 10.9. The summed E-state index contributed by atoms with van der Waals surface area (Å²) in [6.45, 7) is 1.63. The van der Waals surface area contributed by atoms with E-state index in [4.69, 9.17) is 4.98 Å². The van der Waals surface area contributed by atoms with Crippen LogP contribution in [-0.4, -0.2) is 49.8 Å². The van der Waals surface area contributed by atoms with Gasteiger partial charge in [0, 0.05) is 37.5 Å². The topological polar surface area (TPSA) is 58.4 Å². The minimum Gasteiger partial charge on any atom is -0.339 e. The van der Waals surface area contributed by atoms with Crippen LogP contribution in [0.4, 0.5) is 0 Å². The molecule has 1 atom stereocenters. The molecule has 2 saturated carbocycles. The van der Waals surface area contributed by atoms with E-state index in [0.717, 1.165) is 49.1 Å². The SMILES string of the molecule is O=C(Cn1c(C2CC(=O)N(C3CCCC3)C2)nc2ccccc21)N(Cc1ccccc1)C1CCCCC1. The minimum atomic E-state index is 0.0329. The third kappa shape index (κ3) is 5.03. The summed E-state index contributed by atoms with van der Waals surface area (Å²) in [7, 11) is 0. The van der Waals surface area contributed by atoms with Gasteiger partial charge in [0.25, 0.3) is 0 Å². The number of likely N-dealkylation sites (tertiary alicyclic amines) is 1. The number of imidazole rings is 1. The maximum absolute atomic E-state index is 14.1. The van der Waals surface area contributed by atoms with E-state index in [9.17, 15) is 9.59 Å². The number of hydrogen-bond acceptors (Lipinski definition) is 3. The molecule has 2 heterocycles. The van der Waals surface area contributed by atoms with Gasteiger partial charge in [-0.2, -0.15) is 0 Å². The number of aromatic nitrogens is 2. The molecule has 6 heteroatoms. The summed E-state index contributed by atoms with van der Waals surface area (Å²) in [5.74, 6) is 1.32. The second-order valence-electron chi connectivity index (χ2n) is 11.2. The third-order valence-corrected chi connectivity index (χ3v) is 8.80. The molecule has 1 saturated heterocycles. The van der Waals surface area contributed by atoms with Crippen molar-refractivity contribution in [3.8, 4) is 0 Å². The predicted molar refractivity (Wildman–Crippen MR) is 145 cm³/mol. The van der Waals surface area contributed by atoms with Gasteiger partial charge in [0.05, 0.1) is 11.0 Å². The Labute approximate surface area is 219 Å². The van der Waals surface area contributed by atoms with Gasteiger partial charge in [-0.15, -0.1) is 0 Å². The van der Waals surface area contributed by atoms with E-state index in [2.05, 4.69) is 32.6 Å². The lowest BCUT2D eigenvalue weighted by Crippen LogP contribution is -2.42. The monoisotopic (exact) mass is 498 g/mol. The predicted octanol–water partition coefficient (Wildman–Crippen LogP) is 5.66. The molecule has 2 aliphatic carbocycles. The number of nitrogens with zero attached hydrogens (tertiary/aromatic N) is 4. The van der Waals surface area contributed by atoms with E-state index < -0.39 is 0 Å². The van der Waals surface area contributed by atoms with E-state index in [1.807, 2.05) is 36.4 Å². The zero-order valence-electron chi connectivity index (χ0n) is 21.7. The molecule has 6 nitrogen and oxygen atoms in total. The number of rotatable bonds is 7. The van der Waals surface area contributed by atoms with Crippen molar-refractivity contribution in [1.82, 2.24) is 19.4 Å². The van der Waals surface area contributed by atoms with Crippen LogP contribution in [-0.2, 0) is 22.7 Å². The number of carbonyl (C=O) groups is 2. The molecular weight excluding hydrogens is 460 g/mol. The van der Waals surface area contributed by atoms with Crippen molar-refractivity contribution in [2.24, 2.45) is 0 Å². The molecule has 3 aromatic rings. The van der Waals surface area contributed by atoms with Crippen LogP contribution < -0.4 is 0 Å². The lowest BCUT2D eigenvalue weighted by Gasteiger charge is -2.35. The molecule has 194 valence electrons. The third-order valence-electron chi connectivity index (χ3n) is 8.80. The van der Waals surface area contributed by atoms with Crippen molar-refractivity contribution in [3.63, 3.8) is 0 Å². The van der Waals surface area contributed by atoms with Crippen LogP contribution >= 0.6 is 0 Å². The number of benzene rings is 2. The quantitative estimate of drug-likeness (QED) is 0.423. The second kappa shape index (κ2) is 10.7. The van der Waals surface area contributed by atoms with Gasteiger partial charge in [-0.25, -0.2) is 4.98 Å². The standard InChI is InChI=1S/C31H38N4O2/c36-29-19-24(21-34(29)26-15-7-8-16-26)31-32-27-17-9-10-18-28(27)35(31)22-30(37)33(25-13-5-2-6-14-25)20-23-11-3-1-4-12-23/h1,3-4,9-12,17-18,24-26H,2,5-8,13-16,19-22H2. The van der Waals surface area contributed by atoms with Gasteiger partial charge < -0.3 is 14.4 Å². The van der Waals surface area contributed by atoms with Crippen molar-refractivity contribution >= 4 is 22.8 Å². The summed E-state index contributed by atoms with van der Waals surface area (Å²) >= 11 is 0. The first-order valence-electron chi connectivity index (χ1n) is 14.3. The molecule has 3 fully saturated rings. The normalized spacial score (nSPS) is 21.2. The summed E-state index contributed by atoms with van der Waals surface area (Å²) in [6, 6.07) is 19.1. The van der Waals surface area contributed by atoms with E-state index in [1.165, 1.54) is 37.7 Å². The highest BCUT2D eigenvalue weighted by molar-refractivity contribution is 5.83. The first-order valence-corrected chi connectivity index (χ1v) is 14.3. The fourth-order valence-corrected chi connectivity index (χ4v) is 6.87. The molecule has 1 aliphatic heterocycles. The van der Waals surface area contributed by atoms with Gasteiger partial charge in [0.15, 0.2) is 0 Å². The molecule has 0 bridgehead atoms. The number of hydrogen-bond donors (Lipinski definition) is 0. The highest BCUT2D eigenvalue weighted by Gasteiger charge is 2.38. The summed E-state index contributed by atoms with van der Waals surface area (Å²) < 4.78 is 2.12. The van der Waals surface area contributed by atoms with Gasteiger partial charge in [-0.3, -0.25) is 9.59 Å². The van der Waals surface area contributed by atoms with Crippen LogP contribution in [0.3, 0.4) is 0 Å². The first kappa shape index (κ1) is 24.2. The van der Waals surface area contributed by atoms with Crippen molar-refractivity contribution in [2.75, 3.05) is 6.54 Å². The number of carbonyl (C=O) groups excluding carboxylic acids is 2.